The summed E-state index contributed by atoms with van der Waals surface area (Å²) in [6.07, 6.45) is 3.14. The van der Waals surface area contributed by atoms with E-state index in [1.165, 1.54) is 6.42 Å². The lowest BCUT2D eigenvalue weighted by Crippen LogP contribution is -2.35. The predicted octanol–water partition coefficient (Wildman–Crippen LogP) is 2.70. The van der Waals surface area contributed by atoms with Crippen LogP contribution in [0.25, 0.3) is 0 Å². The Labute approximate surface area is 130 Å². The Kier molecular flexibility index (Phi) is 2.91. The van der Waals surface area contributed by atoms with Crippen LogP contribution < -0.4 is 0 Å². The van der Waals surface area contributed by atoms with Crippen molar-refractivity contribution in [1.29, 1.82) is 0 Å². The van der Waals surface area contributed by atoms with Crippen molar-refractivity contribution in [2.45, 2.75) is 25.4 Å². The molecule has 3 saturated carbocycles. The summed E-state index contributed by atoms with van der Waals surface area (Å²) in [6, 6.07) is 3.00. The number of carbonyl (C=O) groups is 1. The van der Waals surface area contributed by atoms with Gasteiger partial charge in [-0.3, -0.25) is 20.2 Å². The molecule has 23 heavy (non-hydrogen) atoms. The molecule has 1 aromatic carbocycles. The van der Waals surface area contributed by atoms with Crippen molar-refractivity contribution in [3.05, 3.63) is 44.0 Å². The van der Waals surface area contributed by atoms with Gasteiger partial charge in [-0.1, -0.05) is 0 Å². The number of nitrogens with zero attached hydrogens (tertiary/aromatic N) is 2. The summed E-state index contributed by atoms with van der Waals surface area (Å²) in [4.78, 5) is 32.7. The van der Waals surface area contributed by atoms with Gasteiger partial charge in [0.25, 0.3) is 11.4 Å². The fourth-order valence-corrected chi connectivity index (χ4v) is 4.23. The van der Waals surface area contributed by atoms with Gasteiger partial charge in [-0.25, -0.2) is 4.79 Å². The summed E-state index contributed by atoms with van der Waals surface area (Å²) in [6.45, 7) is 0. The molecule has 0 aliphatic heterocycles. The third kappa shape index (κ3) is 2.08. The van der Waals surface area contributed by atoms with E-state index in [-0.39, 0.29) is 11.7 Å². The zero-order valence-electron chi connectivity index (χ0n) is 12.1. The molecule has 4 rings (SSSR count). The van der Waals surface area contributed by atoms with Crippen molar-refractivity contribution < 1.29 is 19.4 Å². The van der Waals surface area contributed by atoms with E-state index >= 15 is 0 Å². The van der Waals surface area contributed by atoms with E-state index in [0.717, 1.165) is 31.0 Å². The van der Waals surface area contributed by atoms with Crippen LogP contribution in [0.3, 0.4) is 0 Å². The van der Waals surface area contributed by atoms with Gasteiger partial charge in [0.1, 0.15) is 11.7 Å². The third-order valence-electron chi connectivity index (χ3n) is 5.52. The Morgan fingerprint density at radius 1 is 1.04 bits per heavy atom. The fourth-order valence-electron chi connectivity index (χ4n) is 4.23. The molecule has 0 amide bonds. The highest BCUT2D eigenvalue weighted by Gasteiger charge is 2.64. The highest BCUT2D eigenvalue weighted by molar-refractivity contribution is 5.94. The van der Waals surface area contributed by atoms with Gasteiger partial charge < -0.3 is 4.74 Å². The Morgan fingerprint density at radius 2 is 1.78 bits per heavy atom. The lowest BCUT2D eigenvalue weighted by Gasteiger charge is -2.36. The van der Waals surface area contributed by atoms with Crippen LogP contribution in [-0.4, -0.2) is 21.9 Å². The zero-order chi connectivity index (χ0) is 16.3. The predicted molar refractivity (Wildman–Crippen MR) is 76.8 cm³/mol. The average Bonchev–Trinajstić information content (AvgIpc) is 3.20. The molecule has 1 aromatic rings. The van der Waals surface area contributed by atoms with Crippen LogP contribution in [0.1, 0.15) is 29.6 Å². The summed E-state index contributed by atoms with van der Waals surface area (Å²) >= 11 is 0. The van der Waals surface area contributed by atoms with E-state index in [1.807, 2.05) is 0 Å². The normalized spacial score (nSPS) is 33.1. The average molecular weight is 318 g/mol. The number of hydrogen-bond donors (Lipinski definition) is 0. The van der Waals surface area contributed by atoms with Crippen molar-refractivity contribution in [3.8, 4) is 0 Å². The molecule has 0 bridgehead atoms. The number of rotatable bonds is 4. The molecule has 0 aromatic heterocycles. The van der Waals surface area contributed by atoms with Crippen LogP contribution in [0.2, 0.25) is 0 Å². The molecule has 8 nitrogen and oxygen atoms in total. The van der Waals surface area contributed by atoms with Gasteiger partial charge in [-0.2, -0.15) is 0 Å². The Hall–Kier alpha value is -2.51. The first-order chi connectivity index (χ1) is 11.0. The maximum absolute atomic E-state index is 12.4. The van der Waals surface area contributed by atoms with E-state index in [2.05, 4.69) is 0 Å². The van der Waals surface area contributed by atoms with Gasteiger partial charge in [0.2, 0.25) is 0 Å². The first kappa shape index (κ1) is 14.1. The van der Waals surface area contributed by atoms with Crippen molar-refractivity contribution in [3.63, 3.8) is 0 Å². The van der Waals surface area contributed by atoms with Crippen LogP contribution in [0.4, 0.5) is 11.4 Å². The minimum absolute atomic E-state index is 0.152. The smallest absolute Gasteiger partial charge is 0.345 e. The minimum Gasteiger partial charge on any atom is -0.458 e. The standard InChI is InChI=1S/C15H14N2O6/c18-15(23-14-9-4-3-8(9)11-6-12(11)14)10-2-1-7(16(19)20)5-13(10)17(21)22/h1-2,5,8-9,11-12,14H,3-4,6H2/t8-,9+,11+,12-,14-/m0/s1. The molecule has 0 heterocycles. The molecular formula is C15H14N2O6. The summed E-state index contributed by atoms with van der Waals surface area (Å²) in [5.41, 5.74) is -1.23. The van der Waals surface area contributed by atoms with Crippen LogP contribution in [0.15, 0.2) is 18.2 Å². The largest absolute Gasteiger partial charge is 0.458 e. The maximum Gasteiger partial charge on any atom is 0.345 e. The molecule has 0 spiro atoms. The van der Waals surface area contributed by atoms with Gasteiger partial charge >= 0.3 is 5.97 Å². The molecule has 3 fully saturated rings. The number of nitro groups is 2. The number of carbonyl (C=O) groups excluding carboxylic acids is 1. The van der Waals surface area contributed by atoms with Gasteiger partial charge in [0.05, 0.1) is 15.9 Å². The van der Waals surface area contributed by atoms with Gasteiger partial charge in [0, 0.05) is 6.07 Å². The number of esters is 1. The molecule has 0 unspecified atom stereocenters. The quantitative estimate of drug-likeness (QED) is 0.479. The van der Waals surface area contributed by atoms with Crippen LogP contribution >= 0.6 is 0 Å². The van der Waals surface area contributed by atoms with Gasteiger partial charge in [0.15, 0.2) is 0 Å². The summed E-state index contributed by atoms with van der Waals surface area (Å²) in [5.74, 6) is 1.33. The Balaban J connectivity index is 1.58. The molecule has 5 atom stereocenters. The topological polar surface area (TPSA) is 113 Å². The molecule has 0 saturated heterocycles. The van der Waals surface area contributed by atoms with E-state index < -0.39 is 27.2 Å². The first-order valence-corrected chi connectivity index (χ1v) is 7.61. The van der Waals surface area contributed by atoms with Crippen molar-refractivity contribution >= 4 is 17.3 Å². The summed E-state index contributed by atoms with van der Waals surface area (Å²) < 4.78 is 5.56. The number of fused-ring (bicyclic) bond motifs is 3. The number of nitro benzene ring substituents is 2. The van der Waals surface area contributed by atoms with Crippen molar-refractivity contribution in [2.75, 3.05) is 0 Å². The van der Waals surface area contributed by atoms with Crippen LogP contribution in [0.5, 0.6) is 0 Å². The van der Waals surface area contributed by atoms with Crippen LogP contribution in [-0.2, 0) is 4.74 Å². The molecule has 120 valence electrons. The van der Waals surface area contributed by atoms with Crippen molar-refractivity contribution in [2.24, 2.45) is 23.7 Å². The summed E-state index contributed by atoms with van der Waals surface area (Å²) in [7, 11) is 0. The zero-order valence-corrected chi connectivity index (χ0v) is 12.1. The van der Waals surface area contributed by atoms with E-state index in [1.54, 1.807) is 0 Å². The summed E-state index contributed by atoms with van der Waals surface area (Å²) in [5, 5.41) is 21.9. The fraction of sp³-hybridized carbons (Fsp3) is 0.533. The maximum atomic E-state index is 12.4. The Bertz CT molecular complexity index is 733. The molecule has 0 radical (unpaired) electrons. The monoisotopic (exact) mass is 318 g/mol. The van der Waals surface area contributed by atoms with E-state index in [9.17, 15) is 25.0 Å². The molecule has 0 N–H and O–H groups in total. The highest BCUT2D eigenvalue weighted by atomic mass is 16.6. The molecule has 8 heteroatoms. The second-order valence-electron chi connectivity index (χ2n) is 6.55. The van der Waals surface area contributed by atoms with E-state index in [0.29, 0.717) is 23.7 Å². The third-order valence-corrected chi connectivity index (χ3v) is 5.52. The van der Waals surface area contributed by atoms with E-state index in [4.69, 9.17) is 4.74 Å². The number of non-ortho nitro benzene ring substituents is 1. The molecule has 3 aliphatic rings. The van der Waals surface area contributed by atoms with Crippen molar-refractivity contribution in [1.82, 2.24) is 0 Å². The molecular weight excluding hydrogens is 304 g/mol. The van der Waals surface area contributed by atoms with Crippen LogP contribution in [0, 0.1) is 43.9 Å². The first-order valence-electron chi connectivity index (χ1n) is 7.61. The van der Waals surface area contributed by atoms with Gasteiger partial charge in [-0.15, -0.1) is 0 Å². The van der Waals surface area contributed by atoms with Gasteiger partial charge in [-0.05, 0) is 49.0 Å². The lowest BCUT2D eigenvalue weighted by atomic mass is 9.72. The lowest BCUT2D eigenvalue weighted by molar-refractivity contribution is -0.394. The molecule has 3 aliphatic carbocycles. The number of ether oxygens (including phenoxy) is 1. The SMILES string of the molecule is O=C(O[C@H]1[C@@H]2CC[C@@H]2[C@H]2C[C@@H]21)c1ccc([N+](=O)[O-])cc1[N+](=O)[O-]. The number of benzene rings is 1. The Morgan fingerprint density at radius 3 is 2.35 bits per heavy atom. The second-order valence-corrected chi connectivity index (χ2v) is 6.55. The minimum atomic E-state index is -0.787. The second kappa shape index (κ2) is 4.74. The number of hydrogen-bond acceptors (Lipinski definition) is 6. The highest BCUT2D eigenvalue weighted by Crippen LogP contribution is 2.66.